The standard InChI is InChI=1S/C21H25N5O2/c1-15(2)28-11-5-10-22-21(27)18-7-4-6-17(12-18)19-8-9-20(25-16(19)3)26-13-23-24-14-26/h4,6-9,12-15H,5,10-11H2,1-3H3,(H,22,27). The smallest absolute Gasteiger partial charge is 0.251 e. The SMILES string of the molecule is Cc1nc(-n2cnnc2)ccc1-c1cccc(C(=O)NCCCOC(C)C)c1. The van der Waals surface area contributed by atoms with E-state index in [9.17, 15) is 4.79 Å². The van der Waals surface area contributed by atoms with Gasteiger partial charge in [0.05, 0.1) is 6.10 Å². The molecule has 0 aliphatic heterocycles. The van der Waals surface area contributed by atoms with Crippen LogP contribution in [0.4, 0.5) is 0 Å². The summed E-state index contributed by atoms with van der Waals surface area (Å²) in [6, 6.07) is 11.5. The number of aromatic nitrogens is 4. The van der Waals surface area contributed by atoms with Crippen molar-refractivity contribution in [2.24, 2.45) is 0 Å². The summed E-state index contributed by atoms with van der Waals surface area (Å²) in [6.07, 6.45) is 4.22. The number of rotatable bonds is 8. The van der Waals surface area contributed by atoms with Crippen molar-refractivity contribution in [3.63, 3.8) is 0 Å². The zero-order valence-corrected chi connectivity index (χ0v) is 16.4. The van der Waals surface area contributed by atoms with Gasteiger partial charge in [-0.15, -0.1) is 10.2 Å². The lowest BCUT2D eigenvalue weighted by atomic mass is 10.0. The summed E-state index contributed by atoms with van der Waals surface area (Å²) in [7, 11) is 0. The molecule has 2 aromatic heterocycles. The monoisotopic (exact) mass is 379 g/mol. The van der Waals surface area contributed by atoms with Crippen LogP contribution in [0, 0.1) is 6.92 Å². The molecule has 1 amide bonds. The minimum absolute atomic E-state index is 0.0851. The average molecular weight is 379 g/mol. The average Bonchev–Trinajstić information content (AvgIpc) is 3.22. The summed E-state index contributed by atoms with van der Waals surface area (Å²) in [5.41, 5.74) is 3.44. The molecule has 1 aromatic carbocycles. The second-order valence-corrected chi connectivity index (χ2v) is 6.78. The first-order valence-electron chi connectivity index (χ1n) is 9.37. The van der Waals surface area contributed by atoms with Gasteiger partial charge in [0.25, 0.3) is 5.91 Å². The van der Waals surface area contributed by atoms with E-state index in [2.05, 4.69) is 20.5 Å². The van der Waals surface area contributed by atoms with Crippen LogP contribution in [0.2, 0.25) is 0 Å². The van der Waals surface area contributed by atoms with Gasteiger partial charge < -0.3 is 10.1 Å². The molecular formula is C21H25N5O2. The number of ether oxygens (including phenoxy) is 1. The number of pyridine rings is 1. The Kier molecular flexibility index (Phi) is 6.49. The van der Waals surface area contributed by atoms with Crippen LogP contribution in [0.1, 0.15) is 36.3 Å². The number of aryl methyl sites for hydroxylation is 1. The molecule has 0 atom stereocenters. The van der Waals surface area contributed by atoms with Gasteiger partial charge in [0.15, 0.2) is 0 Å². The molecule has 0 unspecified atom stereocenters. The number of amides is 1. The van der Waals surface area contributed by atoms with Crippen molar-refractivity contribution >= 4 is 5.91 Å². The van der Waals surface area contributed by atoms with Gasteiger partial charge in [0.1, 0.15) is 18.5 Å². The maximum atomic E-state index is 12.4. The lowest BCUT2D eigenvalue weighted by molar-refractivity contribution is 0.0757. The highest BCUT2D eigenvalue weighted by Gasteiger charge is 2.10. The maximum Gasteiger partial charge on any atom is 0.251 e. The van der Waals surface area contributed by atoms with Gasteiger partial charge in [-0.1, -0.05) is 12.1 Å². The Labute approximate surface area is 164 Å². The molecule has 0 fully saturated rings. The van der Waals surface area contributed by atoms with Crippen molar-refractivity contribution in [3.05, 3.63) is 60.3 Å². The summed E-state index contributed by atoms with van der Waals surface area (Å²) in [5.74, 6) is 0.668. The minimum atomic E-state index is -0.0851. The van der Waals surface area contributed by atoms with E-state index < -0.39 is 0 Å². The zero-order valence-electron chi connectivity index (χ0n) is 16.4. The predicted octanol–water partition coefficient (Wildman–Crippen LogP) is 3.18. The van der Waals surface area contributed by atoms with E-state index in [1.807, 2.05) is 57.2 Å². The van der Waals surface area contributed by atoms with Gasteiger partial charge in [0, 0.05) is 30.0 Å². The largest absolute Gasteiger partial charge is 0.379 e. The number of hydrogen-bond donors (Lipinski definition) is 1. The Hall–Kier alpha value is -3.06. The predicted molar refractivity (Wildman–Crippen MR) is 107 cm³/mol. The highest BCUT2D eigenvalue weighted by molar-refractivity contribution is 5.95. The van der Waals surface area contributed by atoms with Crippen molar-refractivity contribution < 1.29 is 9.53 Å². The molecule has 2 heterocycles. The Balaban J connectivity index is 1.68. The molecular weight excluding hydrogens is 354 g/mol. The van der Waals surface area contributed by atoms with Crippen LogP contribution in [0.15, 0.2) is 49.1 Å². The van der Waals surface area contributed by atoms with Gasteiger partial charge in [0.2, 0.25) is 0 Å². The molecule has 3 rings (SSSR count). The molecule has 7 heteroatoms. The topological polar surface area (TPSA) is 81.9 Å². The second-order valence-electron chi connectivity index (χ2n) is 6.78. The third-order valence-corrected chi connectivity index (χ3v) is 4.25. The fourth-order valence-corrected chi connectivity index (χ4v) is 2.84. The van der Waals surface area contributed by atoms with Crippen molar-refractivity contribution in [2.75, 3.05) is 13.2 Å². The minimum Gasteiger partial charge on any atom is -0.379 e. The number of nitrogens with one attached hydrogen (secondary N) is 1. The summed E-state index contributed by atoms with van der Waals surface area (Å²) in [5, 5.41) is 10.6. The van der Waals surface area contributed by atoms with E-state index in [1.54, 1.807) is 17.2 Å². The van der Waals surface area contributed by atoms with Crippen molar-refractivity contribution in [1.29, 1.82) is 0 Å². The van der Waals surface area contributed by atoms with Crippen LogP contribution >= 0.6 is 0 Å². The van der Waals surface area contributed by atoms with Crippen LogP contribution < -0.4 is 5.32 Å². The van der Waals surface area contributed by atoms with Crippen LogP contribution in [0.3, 0.4) is 0 Å². The van der Waals surface area contributed by atoms with E-state index >= 15 is 0 Å². The molecule has 3 aromatic rings. The van der Waals surface area contributed by atoms with E-state index in [0.717, 1.165) is 29.1 Å². The van der Waals surface area contributed by atoms with Crippen LogP contribution in [0.25, 0.3) is 16.9 Å². The number of nitrogens with zero attached hydrogens (tertiary/aromatic N) is 4. The molecule has 0 bridgehead atoms. The van der Waals surface area contributed by atoms with Crippen LogP contribution in [-0.4, -0.2) is 44.9 Å². The first-order valence-corrected chi connectivity index (χ1v) is 9.37. The maximum absolute atomic E-state index is 12.4. The molecule has 1 N–H and O–H groups in total. The Morgan fingerprint density at radius 2 is 1.96 bits per heavy atom. The highest BCUT2D eigenvalue weighted by Crippen LogP contribution is 2.24. The van der Waals surface area contributed by atoms with Gasteiger partial charge >= 0.3 is 0 Å². The molecule has 0 saturated heterocycles. The van der Waals surface area contributed by atoms with Crippen LogP contribution in [-0.2, 0) is 4.74 Å². The summed E-state index contributed by atoms with van der Waals surface area (Å²) >= 11 is 0. The molecule has 7 nitrogen and oxygen atoms in total. The summed E-state index contributed by atoms with van der Waals surface area (Å²) in [4.78, 5) is 17.1. The van der Waals surface area contributed by atoms with E-state index in [1.165, 1.54) is 0 Å². The van der Waals surface area contributed by atoms with Crippen molar-refractivity contribution in [1.82, 2.24) is 25.1 Å². The van der Waals surface area contributed by atoms with Gasteiger partial charge in [-0.3, -0.25) is 9.36 Å². The highest BCUT2D eigenvalue weighted by atomic mass is 16.5. The van der Waals surface area contributed by atoms with Crippen LogP contribution in [0.5, 0.6) is 0 Å². The van der Waals surface area contributed by atoms with Gasteiger partial charge in [-0.2, -0.15) is 0 Å². The van der Waals surface area contributed by atoms with Gasteiger partial charge in [-0.05, 0) is 57.0 Å². The lowest BCUT2D eigenvalue weighted by Crippen LogP contribution is -2.25. The molecule has 0 radical (unpaired) electrons. The molecule has 0 spiro atoms. The molecule has 146 valence electrons. The first-order chi connectivity index (χ1) is 13.5. The Morgan fingerprint density at radius 1 is 1.18 bits per heavy atom. The number of hydrogen-bond acceptors (Lipinski definition) is 5. The quantitative estimate of drug-likeness (QED) is 0.608. The molecule has 28 heavy (non-hydrogen) atoms. The third kappa shape index (κ3) is 5.01. The summed E-state index contributed by atoms with van der Waals surface area (Å²) < 4.78 is 7.24. The molecule has 0 aliphatic carbocycles. The third-order valence-electron chi connectivity index (χ3n) is 4.25. The number of benzene rings is 1. The van der Waals surface area contributed by atoms with Crippen molar-refractivity contribution in [3.8, 4) is 16.9 Å². The first kappa shape index (κ1) is 19.7. The number of carbonyl (C=O) groups is 1. The second kappa shape index (κ2) is 9.23. The van der Waals surface area contributed by atoms with E-state index in [-0.39, 0.29) is 12.0 Å². The Bertz CT molecular complexity index is 922. The normalized spacial score (nSPS) is 11.0. The zero-order chi connectivity index (χ0) is 19.9. The number of carbonyl (C=O) groups excluding carboxylic acids is 1. The van der Waals surface area contributed by atoms with E-state index in [0.29, 0.717) is 18.7 Å². The Morgan fingerprint density at radius 3 is 2.68 bits per heavy atom. The fourth-order valence-electron chi connectivity index (χ4n) is 2.84. The fraction of sp³-hybridized carbons (Fsp3) is 0.333. The lowest BCUT2D eigenvalue weighted by Gasteiger charge is -2.11. The molecule has 0 aliphatic rings. The van der Waals surface area contributed by atoms with E-state index in [4.69, 9.17) is 4.74 Å². The summed E-state index contributed by atoms with van der Waals surface area (Å²) in [6.45, 7) is 7.18. The molecule has 0 saturated carbocycles. The van der Waals surface area contributed by atoms with Crippen molar-refractivity contribution in [2.45, 2.75) is 33.3 Å². The van der Waals surface area contributed by atoms with Gasteiger partial charge in [-0.25, -0.2) is 4.98 Å².